The lowest BCUT2D eigenvalue weighted by atomic mass is 9.99. The molecule has 258 valence electrons. The maximum atomic E-state index is 15.5. The average molecular weight is 698 g/mol. The van der Waals surface area contributed by atoms with Crippen LogP contribution in [0.2, 0.25) is 0 Å². The number of anilines is 4. The minimum atomic E-state index is -0.942. The Morgan fingerprint density at radius 1 is 0.860 bits per heavy atom. The molecule has 0 unspecified atom stereocenters. The second kappa shape index (κ2) is 15.0. The molecule has 0 saturated carbocycles. The van der Waals surface area contributed by atoms with Crippen molar-refractivity contribution in [1.29, 1.82) is 0 Å². The van der Waals surface area contributed by atoms with Gasteiger partial charge < -0.3 is 20.4 Å². The fourth-order valence-electron chi connectivity index (χ4n) is 6.81. The maximum Gasteiger partial charge on any atom is 0.261 e. The number of aromatic nitrogens is 3. The number of carbonyl (C=O) groups is 1. The van der Waals surface area contributed by atoms with E-state index in [2.05, 4.69) is 25.4 Å². The molecule has 7 rings (SSSR count). The summed E-state index contributed by atoms with van der Waals surface area (Å²) in [5, 5.41) is 6.63. The molecule has 2 aromatic heterocycles. The summed E-state index contributed by atoms with van der Waals surface area (Å²) >= 11 is 1.49. The van der Waals surface area contributed by atoms with Gasteiger partial charge in [-0.15, -0.1) is 11.3 Å². The van der Waals surface area contributed by atoms with Crippen LogP contribution < -0.4 is 15.5 Å². The van der Waals surface area contributed by atoms with Gasteiger partial charge in [0.1, 0.15) is 23.0 Å². The molecule has 0 bridgehead atoms. The topological polar surface area (TPSA) is 86.3 Å². The zero-order chi connectivity index (χ0) is 34.6. The van der Waals surface area contributed by atoms with E-state index in [1.165, 1.54) is 55.8 Å². The second-order valence-electron chi connectivity index (χ2n) is 12.6. The molecule has 3 aromatic carbocycles. The summed E-state index contributed by atoms with van der Waals surface area (Å²) < 4.78 is 43.9. The van der Waals surface area contributed by atoms with Gasteiger partial charge in [0, 0.05) is 42.3 Å². The Hall–Kier alpha value is -4.81. The summed E-state index contributed by atoms with van der Waals surface area (Å²) in [6.07, 6.45) is 8.30. The maximum absolute atomic E-state index is 15.5. The van der Waals surface area contributed by atoms with Crippen molar-refractivity contribution in [3.8, 4) is 21.8 Å². The molecule has 8 nitrogen and oxygen atoms in total. The van der Waals surface area contributed by atoms with E-state index in [0.29, 0.717) is 52.4 Å². The summed E-state index contributed by atoms with van der Waals surface area (Å²) in [4.78, 5) is 32.3. The number of rotatable bonds is 9. The van der Waals surface area contributed by atoms with Crippen LogP contribution in [0.4, 0.5) is 36.2 Å². The van der Waals surface area contributed by atoms with Gasteiger partial charge in [-0.2, -0.15) is 0 Å². The molecule has 1 amide bonds. The Bertz CT molecular complexity index is 1970. The SMILES string of the molecule is CCc1nc(-c2cccc(NC(=O)c3c(F)cccc3F)c2)c(-c2ccnc(Nc3ccc(N4CCC(N5CCCCC5)CC4)c(F)c3)n2)s1. The fraction of sp³-hybridized carbons (Fsp3) is 0.316. The van der Waals surface area contributed by atoms with Gasteiger partial charge in [-0.25, -0.2) is 28.1 Å². The Morgan fingerprint density at radius 3 is 2.36 bits per heavy atom. The number of carbonyl (C=O) groups excluding carboxylic acids is 1. The number of thiazole rings is 1. The van der Waals surface area contributed by atoms with E-state index in [1.807, 2.05) is 25.1 Å². The van der Waals surface area contributed by atoms with Gasteiger partial charge in [-0.3, -0.25) is 4.79 Å². The highest BCUT2D eigenvalue weighted by Gasteiger charge is 2.27. The van der Waals surface area contributed by atoms with E-state index in [4.69, 9.17) is 9.97 Å². The van der Waals surface area contributed by atoms with Crippen molar-refractivity contribution in [2.24, 2.45) is 0 Å². The third-order valence-electron chi connectivity index (χ3n) is 9.36. The van der Waals surface area contributed by atoms with Crippen molar-refractivity contribution >= 4 is 40.3 Å². The number of hydrogen-bond acceptors (Lipinski definition) is 8. The van der Waals surface area contributed by atoms with Crippen LogP contribution in [-0.2, 0) is 6.42 Å². The summed E-state index contributed by atoms with van der Waals surface area (Å²) in [6, 6.07) is 17.8. The van der Waals surface area contributed by atoms with Gasteiger partial charge in [-0.1, -0.05) is 31.5 Å². The fourth-order valence-corrected chi connectivity index (χ4v) is 7.80. The number of piperidine rings is 2. The van der Waals surface area contributed by atoms with Crippen molar-refractivity contribution in [3.63, 3.8) is 0 Å². The third kappa shape index (κ3) is 7.36. The van der Waals surface area contributed by atoms with Crippen LogP contribution in [0.1, 0.15) is 54.4 Å². The summed E-state index contributed by atoms with van der Waals surface area (Å²) in [5.41, 5.74) is 2.81. The molecule has 4 heterocycles. The van der Waals surface area contributed by atoms with E-state index in [9.17, 15) is 13.6 Å². The van der Waals surface area contributed by atoms with Gasteiger partial charge >= 0.3 is 0 Å². The first-order chi connectivity index (χ1) is 24.4. The van der Waals surface area contributed by atoms with Crippen LogP contribution in [0.25, 0.3) is 21.8 Å². The Labute approximate surface area is 293 Å². The van der Waals surface area contributed by atoms with Gasteiger partial charge in [0.25, 0.3) is 5.91 Å². The van der Waals surface area contributed by atoms with E-state index in [1.54, 1.807) is 30.5 Å². The molecule has 0 atom stereocenters. The van der Waals surface area contributed by atoms with Crippen LogP contribution in [0.15, 0.2) is 72.9 Å². The zero-order valence-corrected chi connectivity index (χ0v) is 28.6. The highest BCUT2D eigenvalue weighted by Crippen LogP contribution is 2.38. The first-order valence-electron chi connectivity index (χ1n) is 17.1. The van der Waals surface area contributed by atoms with Crippen molar-refractivity contribution in [2.75, 3.05) is 41.7 Å². The summed E-state index contributed by atoms with van der Waals surface area (Å²) in [7, 11) is 0. The Kier molecular flexibility index (Phi) is 10.1. The number of halogens is 3. The highest BCUT2D eigenvalue weighted by atomic mass is 32.1. The minimum absolute atomic E-state index is 0.287. The molecule has 2 saturated heterocycles. The smallest absolute Gasteiger partial charge is 0.261 e. The van der Waals surface area contributed by atoms with Crippen LogP contribution >= 0.6 is 11.3 Å². The van der Waals surface area contributed by atoms with Crippen molar-refractivity contribution in [1.82, 2.24) is 19.9 Å². The molecule has 0 spiro atoms. The van der Waals surface area contributed by atoms with E-state index in [-0.39, 0.29) is 5.82 Å². The van der Waals surface area contributed by atoms with Gasteiger partial charge in [0.15, 0.2) is 0 Å². The molecular formula is C38H38F3N7OS. The number of nitrogens with one attached hydrogen (secondary N) is 2. The lowest BCUT2D eigenvalue weighted by Crippen LogP contribution is -2.46. The number of nitrogens with zero attached hydrogens (tertiary/aromatic N) is 5. The van der Waals surface area contributed by atoms with Gasteiger partial charge in [-0.05, 0) is 93.7 Å². The van der Waals surface area contributed by atoms with E-state index in [0.717, 1.165) is 47.9 Å². The predicted molar refractivity (Wildman–Crippen MR) is 193 cm³/mol. The van der Waals surface area contributed by atoms with Crippen LogP contribution in [0.5, 0.6) is 0 Å². The molecule has 0 radical (unpaired) electrons. The summed E-state index contributed by atoms with van der Waals surface area (Å²) in [5.74, 6) is -2.75. The number of amides is 1. The molecule has 2 aliphatic rings. The lowest BCUT2D eigenvalue weighted by Gasteiger charge is -2.41. The second-order valence-corrected chi connectivity index (χ2v) is 13.7. The van der Waals surface area contributed by atoms with Gasteiger partial charge in [0.2, 0.25) is 5.95 Å². The van der Waals surface area contributed by atoms with Crippen molar-refractivity contribution in [2.45, 2.75) is 51.5 Å². The molecular weight excluding hydrogens is 660 g/mol. The molecule has 50 heavy (non-hydrogen) atoms. The van der Waals surface area contributed by atoms with Crippen LogP contribution in [0, 0.1) is 17.5 Å². The third-order valence-corrected chi connectivity index (χ3v) is 10.6. The van der Waals surface area contributed by atoms with E-state index < -0.39 is 23.1 Å². The Balaban J connectivity index is 1.07. The highest BCUT2D eigenvalue weighted by molar-refractivity contribution is 7.15. The number of likely N-dealkylation sites (tertiary alicyclic amines) is 1. The predicted octanol–water partition coefficient (Wildman–Crippen LogP) is 8.70. The first kappa shape index (κ1) is 33.7. The van der Waals surface area contributed by atoms with Crippen molar-refractivity contribution < 1.29 is 18.0 Å². The van der Waals surface area contributed by atoms with Crippen LogP contribution in [0.3, 0.4) is 0 Å². The zero-order valence-electron chi connectivity index (χ0n) is 27.8. The molecule has 2 aliphatic heterocycles. The molecule has 2 N–H and O–H groups in total. The molecule has 5 aromatic rings. The average Bonchev–Trinajstić information content (AvgIpc) is 3.57. The molecule has 0 aliphatic carbocycles. The number of hydrogen-bond donors (Lipinski definition) is 2. The van der Waals surface area contributed by atoms with Gasteiger partial charge in [0.05, 0.1) is 27.0 Å². The quantitative estimate of drug-likeness (QED) is 0.159. The first-order valence-corrected chi connectivity index (χ1v) is 17.9. The normalized spacial score (nSPS) is 15.6. The number of aryl methyl sites for hydroxylation is 1. The summed E-state index contributed by atoms with van der Waals surface area (Å²) in [6.45, 7) is 6.05. The number of benzene rings is 3. The van der Waals surface area contributed by atoms with Crippen LogP contribution in [-0.4, -0.2) is 58.0 Å². The minimum Gasteiger partial charge on any atom is -0.369 e. The lowest BCUT2D eigenvalue weighted by molar-refractivity contribution is 0.101. The molecule has 2 fully saturated rings. The molecule has 12 heteroatoms. The largest absolute Gasteiger partial charge is 0.369 e. The van der Waals surface area contributed by atoms with Crippen molar-refractivity contribution in [3.05, 3.63) is 101 Å². The van der Waals surface area contributed by atoms with E-state index >= 15 is 4.39 Å². The standard InChI is InChI=1S/C38H38F3N7OS/c1-2-33-46-35(24-8-6-9-25(22-24)43-37(49)34-28(39)10-7-11-29(34)40)36(50-33)31-14-17-42-38(45-31)44-26-12-13-32(30(41)23-26)48-20-15-27(16-21-48)47-18-4-3-5-19-47/h6-14,17,22-23,27H,2-5,15-16,18-21H2,1H3,(H,43,49)(H,42,44,45). The Morgan fingerprint density at radius 2 is 1.62 bits per heavy atom. The monoisotopic (exact) mass is 697 g/mol.